The molecule has 10 nitrogen and oxygen atoms in total. The van der Waals surface area contributed by atoms with E-state index in [1.807, 2.05) is 0 Å². The number of non-ortho nitro benzene ring substituents is 1. The van der Waals surface area contributed by atoms with E-state index >= 15 is 0 Å². The molecule has 0 unspecified atom stereocenters. The van der Waals surface area contributed by atoms with Crippen LogP contribution in [0.25, 0.3) is 5.57 Å². The predicted octanol–water partition coefficient (Wildman–Crippen LogP) is 3.40. The monoisotopic (exact) mass is 460 g/mol. The Morgan fingerprint density at radius 3 is 2.41 bits per heavy atom. The Morgan fingerprint density at radius 2 is 1.79 bits per heavy atom. The zero-order valence-electron chi connectivity index (χ0n) is 18.3. The second kappa shape index (κ2) is 9.41. The number of nitro benzene ring substituents is 1. The van der Waals surface area contributed by atoms with Crippen molar-refractivity contribution in [2.24, 2.45) is 0 Å². The van der Waals surface area contributed by atoms with Gasteiger partial charge in [0.05, 0.1) is 36.9 Å². The number of nitrogens with zero attached hydrogens (tertiary/aromatic N) is 3. The van der Waals surface area contributed by atoms with Gasteiger partial charge in [-0.2, -0.15) is 0 Å². The number of aromatic nitrogens is 1. The van der Waals surface area contributed by atoms with Crippen LogP contribution in [0.15, 0.2) is 72.7 Å². The lowest BCUT2D eigenvalue weighted by atomic mass is 10.0. The van der Waals surface area contributed by atoms with Crippen molar-refractivity contribution in [3.8, 4) is 11.5 Å². The molecule has 2 amide bonds. The van der Waals surface area contributed by atoms with Gasteiger partial charge in [-0.15, -0.1) is 0 Å². The average molecular weight is 460 g/mol. The van der Waals surface area contributed by atoms with Gasteiger partial charge < -0.3 is 14.8 Å². The SMILES string of the molecule is COc1ccc(NC2=C(c3ccc([N+](=O)[O-])cc3)C(=O)N(Cc3cccnc3)C2=O)c(OC)c1. The Bertz CT molecular complexity index is 1290. The van der Waals surface area contributed by atoms with E-state index in [1.165, 1.54) is 38.5 Å². The molecule has 0 saturated carbocycles. The molecular weight excluding hydrogens is 440 g/mol. The van der Waals surface area contributed by atoms with Crippen molar-refractivity contribution in [1.29, 1.82) is 0 Å². The normalized spacial score (nSPS) is 13.3. The Kier molecular flexibility index (Phi) is 6.22. The molecule has 1 aliphatic rings. The van der Waals surface area contributed by atoms with Crippen LogP contribution in [-0.2, 0) is 16.1 Å². The maximum Gasteiger partial charge on any atom is 0.278 e. The van der Waals surface area contributed by atoms with Crippen LogP contribution >= 0.6 is 0 Å². The van der Waals surface area contributed by atoms with Gasteiger partial charge >= 0.3 is 0 Å². The number of hydrogen-bond acceptors (Lipinski definition) is 8. The minimum absolute atomic E-state index is 0.0207. The third-order valence-electron chi connectivity index (χ3n) is 5.27. The van der Waals surface area contributed by atoms with E-state index in [2.05, 4.69) is 10.3 Å². The number of nitro groups is 1. The number of benzene rings is 2. The first-order valence-corrected chi connectivity index (χ1v) is 10.2. The number of methoxy groups -OCH3 is 2. The van der Waals surface area contributed by atoms with Crippen LogP contribution in [0.1, 0.15) is 11.1 Å². The summed E-state index contributed by atoms with van der Waals surface area (Å²) in [5.41, 5.74) is 1.50. The molecular formula is C24H20N4O6. The molecule has 0 aliphatic carbocycles. The summed E-state index contributed by atoms with van der Waals surface area (Å²) in [6.45, 7) is 0.0207. The summed E-state index contributed by atoms with van der Waals surface area (Å²) in [7, 11) is 2.99. The topological polar surface area (TPSA) is 124 Å². The van der Waals surface area contributed by atoms with Crippen molar-refractivity contribution >= 4 is 28.8 Å². The summed E-state index contributed by atoms with van der Waals surface area (Å²) >= 11 is 0. The molecule has 1 aliphatic heterocycles. The minimum atomic E-state index is -0.542. The van der Waals surface area contributed by atoms with E-state index in [9.17, 15) is 19.7 Å². The van der Waals surface area contributed by atoms with E-state index in [1.54, 1.807) is 42.7 Å². The summed E-state index contributed by atoms with van der Waals surface area (Å²) in [5.74, 6) is -0.113. The van der Waals surface area contributed by atoms with Gasteiger partial charge in [-0.1, -0.05) is 6.07 Å². The van der Waals surface area contributed by atoms with Gasteiger partial charge in [-0.25, -0.2) is 0 Å². The van der Waals surface area contributed by atoms with E-state index in [0.29, 0.717) is 28.3 Å². The number of imide groups is 1. The van der Waals surface area contributed by atoms with Crippen LogP contribution in [0, 0.1) is 10.1 Å². The molecule has 34 heavy (non-hydrogen) atoms. The summed E-state index contributed by atoms with van der Waals surface area (Å²) in [4.78, 5) is 42.5. The third-order valence-corrected chi connectivity index (χ3v) is 5.27. The highest BCUT2D eigenvalue weighted by atomic mass is 16.6. The Balaban J connectivity index is 1.77. The largest absolute Gasteiger partial charge is 0.497 e. The van der Waals surface area contributed by atoms with Gasteiger partial charge in [0.25, 0.3) is 17.5 Å². The number of amides is 2. The van der Waals surface area contributed by atoms with Crippen LogP contribution < -0.4 is 14.8 Å². The first-order chi connectivity index (χ1) is 16.4. The highest BCUT2D eigenvalue weighted by Gasteiger charge is 2.39. The fourth-order valence-corrected chi connectivity index (χ4v) is 3.56. The molecule has 0 fully saturated rings. The van der Waals surface area contributed by atoms with Crippen molar-refractivity contribution in [3.63, 3.8) is 0 Å². The molecule has 3 aromatic rings. The lowest BCUT2D eigenvalue weighted by Gasteiger charge is -2.16. The first kappa shape index (κ1) is 22.5. The number of ether oxygens (including phenoxy) is 2. The molecule has 0 saturated heterocycles. The number of carbonyl (C=O) groups is 2. The van der Waals surface area contributed by atoms with Gasteiger partial charge in [0.2, 0.25) is 0 Å². The number of rotatable bonds is 8. The smallest absolute Gasteiger partial charge is 0.278 e. The Hall–Kier alpha value is -4.73. The number of carbonyl (C=O) groups excluding carboxylic acids is 2. The van der Waals surface area contributed by atoms with Gasteiger partial charge in [0.15, 0.2) is 0 Å². The third kappa shape index (κ3) is 4.29. The number of pyridine rings is 1. The average Bonchev–Trinajstić information content (AvgIpc) is 3.09. The highest BCUT2D eigenvalue weighted by Crippen LogP contribution is 2.36. The van der Waals surface area contributed by atoms with Gasteiger partial charge in [-0.3, -0.25) is 29.6 Å². The molecule has 0 radical (unpaired) electrons. The molecule has 1 aromatic heterocycles. The van der Waals surface area contributed by atoms with Crippen molar-refractivity contribution in [1.82, 2.24) is 9.88 Å². The number of hydrogen-bond donors (Lipinski definition) is 1. The van der Waals surface area contributed by atoms with Crippen LogP contribution in [0.2, 0.25) is 0 Å². The molecule has 1 N–H and O–H groups in total. The Labute approximate surface area is 194 Å². The molecule has 2 heterocycles. The molecule has 2 aromatic carbocycles. The van der Waals surface area contributed by atoms with Crippen LogP contribution in [0.3, 0.4) is 0 Å². The van der Waals surface area contributed by atoms with Gasteiger partial charge in [0, 0.05) is 30.6 Å². The Morgan fingerprint density at radius 1 is 1.03 bits per heavy atom. The van der Waals surface area contributed by atoms with E-state index in [0.717, 1.165) is 4.90 Å². The predicted molar refractivity (Wildman–Crippen MR) is 123 cm³/mol. The standard InChI is InChI=1S/C24H20N4O6/c1-33-18-9-10-19(20(12-18)34-2)26-22-21(16-5-7-17(8-6-16)28(31)32)23(29)27(24(22)30)14-15-4-3-11-25-13-15/h3-13,26H,14H2,1-2H3. The molecule has 0 spiro atoms. The summed E-state index contributed by atoms with van der Waals surface area (Å²) < 4.78 is 10.6. The summed E-state index contributed by atoms with van der Waals surface area (Å²) in [6, 6.07) is 13.9. The lowest BCUT2D eigenvalue weighted by molar-refractivity contribution is -0.384. The summed E-state index contributed by atoms with van der Waals surface area (Å²) in [6.07, 6.45) is 3.17. The van der Waals surface area contributed by atoms with E-state index in [-0.39, 0.29) is 23.5 Å². The van der Waals surface area contributed by atoms with Crippen LogP contribution in [0.4, 0.5) is 11.4 Å². The van der Waals surface area contributed by atoms with Crippen LogP contribution in [0.5, 0.6) is 11.5 Å². The van der Waals surface area contributed by atoms with Crippen LogP contribution in [-0.4, -0.2) is 40.8 Å². The second-order valence-electron chi connectivity index (χ2n) is 7.30. The fourth-order valence-electron chi connectivity index (χ4n) is 3.56. The zero-order chi connectivity index (χ0) is 24.2. The molecule has 172 valence electrons. The van der Waals surface area contributed by atoms with Crippen molar-refractivity contribution in [2.75, 3.05) is 19.5 Å². The maximum absolute atomic E-state index is 13.4. The van der Waals surface area contributed by atoms with Crippen molar-refractivity contribution in [3.05, 3.63) is 93.9 Å². The molecule has 0 atom stereocenters. The van der Waals surface area contributed by atoms with Crippen molar-refractivity contribution in [2.45, 2.75) is 6.54 Å². The minimum Gasteiger partial charge on any atom is -0.497 e. The first-order valence-electron chi connectivity index (χ1n) is 10.2. The second-order valence-corrected chi connectivity index (χ2v) is 7.30. The van der Waals surface area contributed by atoms with E-state index < -0.39 is 16.7 Å². The summed E-state index contributed by atoms with van der Waals surface area (Å²) in [5, 5.41) is 14.1. The van der Waals surface area contributed by atoms with Crippen molar-refractivity contribution < 1.29 is 24.0 Å². The number of nitrogens with one attached hydrogen (secondary N) is 1. The molecule has 0 bridgehead atoms. The van der Waals surface area contributed by atoms with E-state index in [4.69, 9.17) is 9.47 Å². The molecule has 4 rings (SSSR count). The fraction of sp³-hybridized carbons (Fsp3) is 0.125. The lowest BCUT2D eigenvalue weighted by Crippen LogP contribution is -2.32. The highest BCUT2D eigenvalue weighted by molar-refractivity contribution is 6.36. The molecule has 10 heteroatoms. The van der Waals surface area contributed by atoms with Gasteiger partial charge in [0.1, 0.15) is 17.2 Å². The van der Waals surface area contributed by atoms with Gasteiger partial charge in [-0.05, 0) is 41.5 Å². The maximum atomic E-state index is 13.4. The zero-order valence-corrected chi connectivity index (χ0v) is 18.3. The quantitative estimate of drug-likeness (QED) is 0.308. The number of anilines is 1.